The van der Waals surface area contributed by atoms with Crippen molar-refractivity contribution in [3.8, 4) is 0 Å². The Hall–Kier alpha value is -4.10. The molecule has 1 saturated heterocycles. The van der Waals surface area contributed by atoms with E-state index in [1.165, 1.54) is 23.1 Å². The van der Waals surface area contributed by atoms with Crippen molar-refractivity contribution in [2.45, 2.75) is 69.2 Å². The van der Waals surface area contributed by atoms with Crippen LogP contribution >= 0.6 is 0 Å². The Kier molecular flexibility index (Phi) is 8.25. The van der Waals surface area contributed by atoms with Gasteiger partial charge in [0, 0.05) is 62.8 Å². The molecule has 0 unspecified atom stereocenters. The van der Waals surface area contributed by atoms with E-state index in [0.29, 0.717) is 56.1 Å². The Labute approximate surface area is 260 Å². The first-order chi connectivity index (χ1) is 21.5. The van der Waals surface area contributed by atoms with Gasteiger partial charge in [-0.05, 0) is 51.0 Å². The third-order valence-corrected chi connectivity index (χ3v) is 9.29. The molecule has 1 fully saturated rings. The third kappa shape index (κ3) is 5.63. The van der Waals surface area contributed by atoms with Crippen LogP contribution in [0.25, 0.3) is 0 Å². The number of carbonyl (C=O) groups excluding carboxylic acids is 2. The number of urea groups is 1. The Balaban J connectivity index is 1.24. The normalized spacial score (nSPS) is 21.2. The topological polar surface area (TPSA) is 122 Å². The zero-order chi connectivity index (χ0) is 31.9. The quantitative estimate of drug-likeness (QED) is 0.408. The molecule has 0 bridgehead atoms. The fraction of sp³-hybridized carbons (Fsp3) is 0.500. The molecule has 13 heteroatoms. The maximum atomic E-state index is 15.0. The van der Waals surface area contributed by atoms with E-state index in [9.17, 15) is 23.5 Å². The summed E-state index contributed by atoms with van der Waals surface area (Å²) in [5.74, 6) is -0.628. The third-order valence-electron chi connectivity index (χ3n) is 9.29. The zero-order valence-corrected chi connectivity index (χ0v) is 25.6. The number of aromatic nitrogens is 3. The van der Waals surface area contributed by atoms with Crippen molar-refractivity contribution in [2.24, 2.45) is 0 Å². The molecule has 1 spiro atoms. The van der Waals surface area contributed by atoms with E-state index < -0.39 is 40.9 Å². The highest BCUT2D eigenvalue weighted by atomic mass is 19.1. The molecule has 2 aromatic heterocycles. The summed E-state index contributed by atoms with van der Waals surface area (Å²) < 4.78 is 43.7. The zero-order valence-electron chi connectivity index (χ0n) is 25.6. The van der Waals surface area contributed by atoms with E-state index in [1.54, 1.807) is 24.3 Å². The minimum Gasteiger partial charge on any atom is -0.437 e. The number of ether oxygens (including phenoxy) is 2. The van der Waals surface area contributed by atoms with Crippen LogP contribution in [0.5, 0.6) is 0 Å². The highest BCUT2D eigenvalue weighted by molar-refractivity contribution is 5.89. The van der Waals surface area contributed by atoms with Gasteiger partial charge in [0.15, 0.2) is 0 Å². The molecule has 45 heavy (non-hydrogen) atoms. The monoisotopic (exact) mass is 624 g/mol. The van der Waals surface area contributed by atoms with Gasteiger partial charge in [0.2, 0.25) is 0 Å². The average molecular weight is 625 g/mol. The summed E-state index contributed by atoms with van der Waals surface area (Å²) in [6, 6.07) is 6.73. The van der Waals surface area contributed by atoms with Crippen molar-refractivity contribution in [2.75, 3.05) is 38.3 Å². The average Bonchev–Trinajstić information content (AvgIpc) is 3.37. The number of aliphatic hydroxyl groups excluding tert-OH is 1. The summed E-state index contributed by atoms with van der Waals surface area (Å²) in [7, 11) is 1.62. The summed E-state index contributed by atoms with van der Waals surface area (Å²) in [6.45, 7) is 4.54. The molecule has 3 aliphatic rings. The lowest BCUT2D eigenvalue weighted by Gasteiger charge is -2.45. The first kappa shape index (κ1) is 30.9. The van der Waals surface area contributed by atoms with Gasteiger partial charge in [0.25, 0.3) is 0 Å². The second-order valence-corrected chi connectivity index (χ2v) is 12.4. The number of benzene rings is 1. The summed E-state index contributed by atoms with van der Waals surface area (Å²) >= 11 is 0. The lowest BCUT2D eigenvalue weighted by molar-refractivity contribution is -0.0421. The number of aliphatic hydroxyl groups is 1. The van der Waals surface area contributed by atoms with Crippen molar-refractivity contribution in [1.82, 2.24) is 24.8 Å². The number of amides is 3. The number of pyridine rings is 1. The molecular formula is C32H38F2N6O5. The van der Waals surface area contributed by atoms with Crippen LogP contribution in [-0.2, 0) is 27.2 Å². The summed E-state index contributed by atoms with van der Waals surface area (Å²) in [5.41, 5.74) is -0.237. The molecular weight excluding hydrogens is 586 g/mol. The minimum atomic E-state index is -0.872. The number of imidazole rings is 1. The van der Waals surface area contributed by atoms with E-state index in [1.807, 2.05) is 30.5 Å². The van der Waals surface area contributed by atoms with Crippen molar-refractivity contribution in [3.63, 3.8) is 0 Å². The van der Waals surface area contributed by atoms with E-state index in [4.69, 9.17) is 9.47 Å². The maximum Gasteiger partial charge on any atom is 0.416 e. The Morgan fingerprint density at radius 2 is 1.89 bits per heavy atom. The number of halogens is 2. The number of anilines is 1. The van der Waals surface area contributed by atoms with Gasteiger partial charge in [-0.25, -0.2) is 28.3 Å². The van der Waals surface area contributed by atoms with Crippen LogP contribution in [0, 0.1) is 11.6 Å². The van der Waals surface area contributed by atoms with Crippen LogP contribution in [-0.4, -0.2) is 70.0 Å². The number of rotatable bonds is 6. The predicted octanol–water partition coefficient (Wildman–Crippen LogP) is 4.71. The second-order valence-electron chi connectivity index (χ2n) is 12.4. The van der Waals surface area contributed by atoms with Gasteiger partial charge in [-0.3, -0.25) is 4.90 Å². The fourth-order valence-corrected chi connectivity index (χ4v) is 6.88. The van der Waals surface area contributed by atoms with Crippen LogP contribution in [0.15, 0.2) is 42.7 Å². The van der Waals surface area contributed by atoms with Crippen molar-refractivity contribution in [1.29, 1.82) is 0 Å². The van der Waals surface area contributed by atoms with Crippen molar-refractivity contribution in [3.05, 3.63) is 77.0 Å². The molecule has 0 saturated carbocycles. The minimum absolute atomic E-state index is 0.00735. The van der Waals surface area contributed by atoms with Crippen LogP contribution in [0.3, 0.4) is 0 Å². The molecule has 0 aliphatic carbocycles. The Morgan fingerprint density at radius 3 is 2.60 bits per heavy atom. The lowest BCUT2D eigenvalue weighted by Crippen LogP contribution is -2.53. The molecule has 3 amide bonds. The SMILES string of the molecule is CN1C(=O)OC2(CCN(C(=O)N[C@@H]3CC[C@@H](c4c(F)cccc4F)Cn4c(C(C)(C)OCCO)cnc43)CC2)c2cccnc21. The molecule has 0 radical (unpaired) electrons. The number of nitrogens with one attached hydrogen (secondary N) is 1. The Bertz CT molecular complexity index is 1570. The molecule has 6 rings (SSSR count). The largest absolute Gasteiger partial charge is 0.437 e. The highest BCUT2D eigenvalue weighted by Gasteiger charge is 2.47. The maximum absolute atomic E-state index is 15.0. The standard InChI is InChI=1S/C32H38F2N6O5/c1-31(2,44-17-16-41)25-18-36-28-24(10-9-20(19-40(25)28)26-22(33)7-4-8-23(26)34)37-29(42)39-14-11-32(12-15-39)21-6-5-13-35-27(21)38(3)30(43)45-32/h4-8,13,18,20,24,41H,9-12,14-17,19H2,1-3H3,(H,37,42)/t20-,24-/m1/s1. The van der Waals surface area contributed by atoms with Crippen LogP contribution in [0.4, 0.5) is 24.2 Å². The van der Waals surface area contributed by atoms with Gasteiger partial charge in [-0.2, -0.15) is 0 Å². The predicted molar refractivity (Wildman–Crippen MR) is 160 cm³/mol. The molecule has 3 aromatic rings. The van der Waals surface area contributed by atoms with E-state index in [-0.39, 0.29) is 31.4 Å². The number of piperidine rings is 1. The number of hydrogen-bond donors (Lipinski definition) is 2. The lowest BCUT2D eigenvalue weighted by atomic mass is 9.83. The van der Waals surface area contributed by atoms with Gasteiger partial charge in [0.05, 0.1) is 31.1 Å². The summed E-state index contributed by atoms with van der Waals surface area (Å²) in [4.78, 5) is 38.5. The van der Waals surface area contributed by atoms with E-state index >= 15 is 0 Å². The van der Waals surface area contributed by atoms with Gasteiger partial charge in [-0.15, -0.1) is 0 Å². The van der Waals surface area contributed by atoms with Gasteiger partial charge in [-0.1, -0.05) is 6.07 Å². The number of likely N-dealkylation sites (tertiary alicyclic amines) is 1. The van der Waals surface area contributed by atoms with Crippen LogP contribution in [0.1, 0.15) is 74.1 Å². The first-order valence-electron chi connectivity index (χ1n) is 15.3. The van der Waals surface area contributed by atoms with Gasteiger partial charge >= 0.3 is 12.1 Å². The second kappa shape index (κ2) is 12.0. The molecule has 3 aliphatic heterocycles. The highest BCUT2D eigenvalue weighted by Crippen LogP contribution is 2.44. The molecule has 2 N–H and O–H groups in total. The van der Waals surface area contributed by atoms with Gasteiger partial charge < -0.3 is 29.4 Å². The Morgan fingerprint density at radius 1 is 1.16 bits per heavy atom. The van der Waals surface area contributed by atoms with E-state index in [2.05, 4.69) is 15.3 Å². The van der Waals surface area contributed by atoms with Crippen LogP contribution < -0.4 is 10.2 Å². The molecule has 1 aromatic carbocycles. The molecule has 5 heterocycles. The van der Waals surface area contributed by atoms with Crippen LogP contribution in [0.2, 0.25) is 0 Å². The van der Waals surface area contributed by atoms with Crippen molar-refractivity contribution >= 4 is 17.9 Å². The number of hydrogen-bond acceptors (Lipinski definition) is 7. The number of fused-ring (bicyclic) bond motifs is 3. The fourth-order valence-electron chi connectivity index (χ4n) is 6.88. The first-order valence-corrected chi connectivity index (χ1v) is 15.3. The smallest absolute Gasteiger partial charge is 0.416 e. The molecule has 240 valence electrons. The van der Waals surface area contributed by atoms with Gasteiger partial charge in [0.1, 0.15) is 34.5 Å². The number of nitrogens with zero attached hydrogens (tertiary/aromatic N) is 5. The van der Waals surface area contributed by atoms with Crippen molar-refractivity contribution < 1.29 is 33.0 Å². The summed E-state index contributed by atoms with van der Waals surface area (Å²) in [6.07, 6.45) is 4.44. The molecule has 11 nitrogen and oxygen atoms in total. The molecule has 2 atom stereocenters. The number of carbonyl (C=O) groups is 2. The summed E-state index contributed by atoms with van der Waals surface area (Å²) in [5, 5.41) is 12.5. The van der Waals surface area contributed by atoms with E-state index in [0.717, 1.165) is 5.56 Å².